The highest BCUT2D eigenvalue weighted by Gasteiger charge is 2.38. The van der Waals surface area contributed by atoms with Gasteiger partial charge in [0.1, 0.15) is 11.5 Å². The number of carbonyl (C=O) groups excluding carboxylic acids is 2. The number of fused-ring (bicyclic) bond motifs is 3. The summed E-state index contributed by atoms with van der Waals surface area (Å²) in [7, 11) is 0. The molecular formula is C22H16N2O3. The van der Waals surface area contributed by atoms with Crippen LogP contribution in [0.2, 0.25) is 0 Å². The van der Waals surface area contributed by atoms with Crippen molar-refractivity contribution in [3.63, 3.8) is 0 Å². The van der Waals surface area contributed by atoms with E-state index in [0.29, 0.717) is 23.3 Å². The van der Waals surface area contributed by atoms with E-state index in [0.717, 1.165) is 17.0 Å². The van der Waals surface area contributed by atoms with Crippen LogP contribution in [-0.4, -0.2) is 28.2 Å². The van der Waals surface area contributed by atoms with Crippen LogP contribution in [0.5, 0.6) is 11.5 Å². The lowest BCUT2D eigenvalue weighted by molar-refractivity contribution is 0.0643. The van der Waals surface area contributed by atoms with E-state index in [-0.39, 0.29) is 24.3 Å². The van der Waals surface area contributed by atoms with Crippen LogP contribution < -0.4 is 4.74 Å². The number of aromatic nitrogens is 1. The Morgan fingerprint density at radius 2 is 1.56 bits per heavy atom. The van der Waals surface area contributed by atoms with Crippen molar-refractivity contribution in [3.8, 4) is 11.5 Å². The van der Waals surface area contributed by atoms with E-state index in [1.807, 2.05) is 36.4 Å². The molecule has 132 valence electrons. The molecule has 0 spiro atoms. The lowest BCUT2D eigenvalue weighted by Gasteiger charge is -2.21. The number of rotatable bonds is 2. The van der Waals surface area contributed by atoms with Crippen LogP contribution in [0.4, 0.5) is 0 Å². The number of imide groups is 1. The molecule has 1 atom stereocenters. The molecule has 2 aliphatic rings. The lowest BCUT2D eigenvalue weighted by Crippen LogP contribution is -2.34. The summed E-state index contributed by atoms with van der Waals surface area (Å²) >= 11 is 0. The molecule has 0 saturated carbocycles. The maximum Gasteiger partial charge on any atom is 0.261 e. The Bertz CT molecular complexity index is 1040. The van der Waals surface area contributed by atoms with Gasteiger partial charge < -0.3 is 4.74 Å². The van der Waals surface area contributed by atoms with Crippen LogP contribution in [-0.2, 0) is 6.42 Å². The van der Waals surface area contributed by atoms with Gasteiger partial charge in [0.15, 0.2) is 0 Å². The number of amides is 2. The van der Waals surface area contributed by atoms with Gasteiger partial charge in [-0.05, 0) is 42.3 Å². The standard InChI is InChI=1S/C22H16N2O3/c25-21-16-7-2-3-8-17(16)22(26)24(21)13-15-12-14-6-1-4-9-18(14)27-19-10-5-11-23-20(15)19/h1-11,15H,12-13H2. The third-order valence-corrected chi connectivity index (χ3v) is 5.13. The van der Waals surface area contributed by atoms with Gasteiger partial charge in [0.25, 0.3) is 11.8 Å². The van der Waals surface area contributed by atoms with Crippen molar-refractivity contribution >= 4 is 11.8 Å². The quantitative estimate of drug-likeness (QED) is 0.655. The summed E-state index contributed by atoms with van der Waals surface area (Å²) in [4.78, 5) is 31.4. The minimum Gasteiger partial charge on any atom is -0.455 e. The molecule has 1 unspecified atom stereocenters. The molecule has 0 fully saturated rings. The van der Waals surface area contributed by atoms with Crippen LogP contribution in [0.1, 0.15) is 37.9 Å². The third kappa shape index (κ3) is 2.51. The Kier molecular flexibility index (Phi) is 3.53. The first-order valence-corrected chi connectivity index (χ1v) is 8.88. The summed E-state index contributed by atoms with van der Waals surface area (Å²) in [5, 5.41) is 0. The van der Waals surface area contributed by atoms with Crippen LogP contribution in [0.15, 0.2) is 66.9 Å². The zero-order valence-electron chi connectivity index (χ0n) is 14.5. The number of para-hydroxylation sites is 1. The van der Waals surface area contributed by atoms with Crippen molar-refractivity contribution in [2.45, 2.75) is 12.3 Å². The second-order valence-electron chi connectivity index (χ2n) is 6.76. The second-order valence-corrected chi connectivity index (χ2v) is 6.76. The molecule has 5 heteroatoms. The van der Waals surface area contributed by atoms with Gasteiger partial charge in [0.05, 0.1) is 16.8 Å². The first-order chi connectivity index (χ1) is 13.2. The molecule has 5 nitrogen and oxygen atoms in total. The van der Waals surface area contributed by atoms with Crippen LogP contribution in [0.25, 0.3) is 0 Å². The summed E-state index contributed by atoms with van der Waals surface area (Å²) in [6.45, 7) is 0.272. The highest BCUT2D eigenvalue weighted by Crippen LogP contribution is 2.39. The van der Waals surface area contributed by atoms with E-state index in [4.69, 9.17) is 4.74 Å². The molecule has 5 rings (SSSR count). The summed E-state index contributed by atoms with van der Waals surface area (Å²) in [6.07, 6.45) is 2.36. The van der Waals surface area contributed by atoms with E-state index in [1.54, 1.807) is 30.5 Å². The van der Waals surface area contributed by atoms with Gasteiger partial charge in [-0.15, -0.1) is 0 Å². The maximum atomic E-state index is 12.8. The zero-order valence-corrected chi connectivity index (χ0v) is 14.5. The Morgan fingerprint density at radius 1 is 0.889 bits per heavy atom. The summed E-state index contributed by atoms with van der Waals surface area (Å²) in [6, 6.07) is 18.5. The minimum atomic E-state index is -0.244. The van der Waals surface area contributed by atoms with Gasteiger partial charge in [-0.25, -0.2) is 0 Å². The van der Waals surface area contributed by atoms with Crippen molar-refractivity contribution in [1.82, 2.24) is 9.88 Å². The topological polar surface area (TPSA) is 59.5 Å². The molecular weight excluding hydrogens is 340 g/mol. The Hall–Kier alpha value is -3.47. The maximum absolute atomic E-state index is 12.8. The van der Waals surface area contributed by atoms with Crippen molar-refractivity contribution in [3.05, 3.63) is 89.2 Å². The number of carbonyl (C=O) groups is 2. The van der Waals surface area contributed by atoms with Crippen molar-refractivity contribution in [2.75, 3.05) is 6.54 Å². The fraction of sp³-hybridized carbons (Fsp3) is 0.136. The largest absolute Gasteiger partial charge is 0.455 e. The van der Waals surface area contributed by atoms with E-state index in [9.17, 15) is 9.59 Å². The molecule has 2 amide bonds. The number of hydrogen-bond acceptors (Lipinski definition) is 4. The predicted octanol–water partition coefficient (Wildman–Crippen LogP) is 3.81. The number of pyridine rings is 1. The SMILES string of the molecule is O=C1c2ccccc2C(=O)N1CC1Cc2ccccc2Oc2cccnc21. The average molecular weight is 356 g/mol. The second kappa shape index (κ2) is 6.06. The molecule has 0 radical (unpaired) electrons. The van der Waals surface area contributed by atoms with Gasteiger partial charge in [0, 0.05) is 18.7 Å². The van der Waals surface area contributed by atoms with Crippen molar-refractivity contribution in [1.29, 1.82) is 0 Å². The van der Waals surface area contributed by atoms with E-state index >= 15 is 0 Å². The summed E-state index contributed by atoms with van der Waals surface area (Å²) in [5.41, 5.74) is 2.74. The Balaban J connectivity index is 1.54. The number of ether oxygens (including phenoxy) is 1. The highest BCUT2D eigenvalue weighted by atomic mass is 16.5. The van der Waals surface area contributed by atoms with Crippen LogP contribution >= 0.6 is 0 Å². The molecule has 2 aromatic carbocycles. The number of benzene rings is 2. The molecule has 3 aromatic rings. The fourth-order valence-corrected chi connectivity index (χ4v) is 3.82. The minimum absolute atomic E-state index is 0.132. The molecule has 3 heterocycles. The van der Waals surface area contributed by atoms with Gasteiger partial charge in [-0.2, -0.15) is 0 Å². The summed E-state index contributed by atoms with van der Waals surface area (Å²) in [5.74, 6) is 0.839. The van der Waals surface area contributed by atoms with E-state index in [1.165, 1.54) is 4.90 Å². The van der Waals surface area contributed by atoms with Crippen LogP contribution in [0, 0.1) is 0 Å². The Morgan fingerprint density at radius 3 is 2.33 bits per heavy atom. The lowest BCUT2D eigenvalue weighted by atomic mass is 9.95. The predicted molar refractivity (Wildman–Crippen MR) is 99.0 cm³/mol. The first kappa shape index (κ1) is 15.8. The molecule has 0 bridgehead atoms. The molecule has 0 saturated heterocycles. The number of hydrogen-bond donors (Lipinski definition) is 0. The molecule has 27 heavy (non-hydrogen) atoms. The smallest absolute Gasteiger partial charge is 0.261 e. The molecule has 2 aliphatic heterocycles. The van der Waals surface area contributed by atoms with Gasteiger partial charge in [-0.3, -0.25) is 19.5 Å². The number of nitrogens with zero attached hydrogens (tertiary/aromatic N) is 2. The normalized spacial score (nSPS) is 17.6. The monoisotopic (exact) mass is 356 g/mol. The van der Waals surface area contributed by atoms with Gasteiger partial charge in [-0.1, -0.05) is 30.3 Å². The van der Waals surface area contributed by atoms with Crippen molar-refractivity contribution in [2.24, 2.45) is 0 Å². The molecule has 0 aliphatic carbocycles. The third-order valence-electron chi connectivity index (χ3n) is 5.13. The van der Waals surface area contributed by atoms with Crippen LogP contribution in [0.3, 0.4) is 0 Å². The van der Waals surface area contributed by atoms with E-state index in [2.05, 4.69) is 4.98 Å². The van der Waals surface area contributed by atoms with Gasteiger partial charge in [0.2, 0.25) is 0 Å². The fourth-order valence-electron chi connectivity index (χ4n) is 3.82. The van der Waals surface area contributed by atoms with E-state index < -0.39 is 0 Å². The molecule has 1 aromatic heterocycles. The zero-order chi connectivity index (χ0) is 18.4. The molecule has 0 N–H and O–H groups in total. The Labute approximate surface area is 156 Å². The highest BCUT2D eigenvalue weighted by molar-refractivity contribution is 6.21. The first-order valence-electron chi connectivity index (χ1n) is 8.88. The average Bonchev–Trinajstić information content (AvgIpc) is 2.86. The van der Waals surface area contributed by atoms with Crippen molar-refractivity contribution < 1.29 is 14.3 Å². The van der Waals surface area contributed by atoms with Gasteiger partial charge >= 0.3 is 0 Å². The summed E-state index contributed by atoms with van der Waals surface area (Å²) < 4.78 is 6.06.